The van der Waals surface area contributed by atoms with Gasteiger partial charge in [0.2, 0.25) is 0 Å². The van der Waals surface area contributed by atoms with Crippen molar-refractivity contribution in [2.24, 2.45) is 0 Å². The van der Waals surface area contributed by atoms with Crippen LogP contribution in [-0.4, -0.2) is 28.5 Å². The number of nitrogens with zero attached hydrogens (tertiary/aromatic N) is 1. The summed E-state index contributed by atoms with van der Waals surface area (Å²) in [6.07, 6.45) is 4.38. The molecule has 5 heteroatoms. The van der Waals surface area contributed by atoms with Crippen LogP contribution in [0.5, 0.6) is 5.75 Å². The zero-order valence-corrected chi connectivity index (χ0v) is 9.61. The summed E-state index contributed by atoms with van der Waals surface area (Å²) >= 11 is 5.54. The van der Waals surface area contributed by atoms with E-state index in [1.807, 2.05) is 0 Å². The minimum absolute atomic E-state index is 0.0227. The maximum Gasteiger partial charge on any atom is 0.354 e. The number of aromatic nitrogens is 1. The average Bonchev–Trinajstić information content (AvgIpc) is 2.29. The van der Waals surface area contributed by atoms with Gasteiger partial charge in [0.25, 0.3) is 0 Å². The van der Waals surface area contributed by atoms with E-state index in [4.69, 9.17) is 21.4 Å². The van der Waals surface area contributed by atoms with E-state index in [-0.39, 0.29) is 5.69 Å². The molecule has 0 aliphatic carbocycles. The lowest BCUT2D eigenvalue weighted by Crippen LogP contribution is -2.01. The Bertz CT molecular complexity index is 327. The minimum Gasteiger partial charge on any atom is -0.492 e. The van der Waals surface area contributed by atoms with Gasteiger partial charge in [-0.2, -0.15) is 0 Å². The quantitative estimate of drug-likeness (QED) is 0.591. The number of carboxylic acids is 1. The number of rotatable bonds is 7. The predicted molar refractivity (Wildman–Crippen MR) is 61.3 cm³/mol. The van der Waals surface area contributed by atoms with Gasteiger partial charge >= 0.3 is 5.97 Å². The zero-order valence-electron chi connectivity index (χ0n) is 8.86. The van der Waals surface area contributed by atoms with Gasteiger partial charge in [-0.15, -0.1) is 11.6 Å². The summed E-state index contributed by atoms with van der Waals surface area (Å²) < 4.78 is 5.39. The summed E-state index contributed by atoms with van der Waals surface area (Å²) in [6, 6.07) is 3.04. The van der Waals surface area contributed by atoms with Crippen LogP contribution in [0.15, 0.2) is 18.3 Å². The van der Waals surface area contributed by atoms with Crippen molar-refractivity contribution in [3.63, 3.8) is 0 Å². The van der Waals surface area contributed by atoms with Crippen molar-refractivity contribution in [1.82, 2.24) is 4.98 Å². The summed E-state index contributed by atoms with van der Waals surface area (Å²) in [4.78, 5) is 14.3. The van der Waals surface area contributed by atoms with Crippen LogP contribution >= 0.6 is 11.6 Å². The second kappa shape index (κ2) is 7.06. The molecule has 0 aromatic carbocycles. The SMILES string of the molecule is O=C(O)c1ccc(OCCCCCCl)cn1. The maximum atomic E-state index is 10.5. The van der Waals surface area contributed by atoms with E-state index in [0.717, 1.165) is 19.3 Å². The third-order valence-corrected chi connectivity index (χ3v) is 2.27. The first-order chi connectivity index (χ1) is 7.74. The Labute approximate surface area is 99.2 Å². The second-order valence-electron chi connectivity index (χ2n) is 3.28. The highest BCUT2D eigenvalue weighted by Gasteiger charge is 2.03. The Hall–Kier alpha value is -1.29. The van der Waals surface area contributed by atoms with Crippen molar-refractivity contribution in [3.05, 3.63) is 24.0 Å². The van der Waals surface area contributed by atoms with Crippen molar-refractivity contribution in [2.75, 3.05) is 12.5 Å². The summed E-state index contributed by atoms with van der Waals surface area (Å²) in [6.45, 7) is 0.602. The first-order valence-electron chi connectivity index (χ1n) is 5.12. The molecule has 0 aliphatic rings. The molecule has 0 aliphatic heterocycles. The van der Waals surface area contributed by atoms with Gasteiger partial charge in [-0.25, -0.2) is 9.78 Å². The molecule has 1 rings (SSSR count). The Balaban J connectivity index is 2.29. The van der Waals surface area contributed by atoms with E-state index in [0.29, 0.717) is 18.2 Å². The van der Waals surface area contributed by atoms with Crippen LogP contribution in [0, 0.1) is 0 Å². The van der Waals surface area contributed by atoms with Crippen LogP contribution < -0.4 is 4.74 Å². The van der Waals surface area contributed by atoms with Crippen LogP contribution in [0.3, 0.4) is 0 Å². The number of pyridine rings is 1. The van der Waals surface area contributed by atoms with Gasteiger partial charge in [-0.05, 0) is 31.4 Å². The molecule has 1 aromatic heterocycles. The molecule has 0 atom stereocenters. The van der Waals surface area contributed by atoms with Gasteiger partial charge in [0.1, 0.15) is 11.4 Å². The number of alkyl halides is 1. The van der Waals surface area contributed by atoms with E-state index in [1.54, 1.807) is 6.07 Å². The fourth-order valence-electron chi connectivity index (χ4n) is 1.16. The van der Waals surface area contributed by atoms with Crippen molar-refractivity contribution < 1.29 is 14.6 Å². The topological polar surface area (TPSA) is 59.4 Å². The summed E-state index contributed by atoms with van der Waals surface area (Å²) in [5.41, 5.74) is 0.0227. The smallest absolute Gasteiger partial charge is 0.354 e. The van der Waals surface area contributed by atoms with E-state index >= 15 is 0 Å². The monoisotopic (exact) mass is 243 g/mol. The summed E-state index contributed by atoms with van der Waals surface area (Å²) in [5, 5.41) is 8.63. The van der Waals surface area contributed by atoms with Crippen LogP contribution in [0.25, 0.3) is 0 Å². The molecular formula is C11H14ClNO3. The first-order valence-corrected chi connectivity index (χ1v) is 5.65. The number of ether oxygens (including phenoxy) is 1. The Morgan fingerprint density at radius 3 is 2.75 bits per heavy atom. The van der Waals surface area contributed by atoms with E-state index in [2.05, 4.69) is 4.98 Å². The van der Waals surface area contributed by atoms with Crippen molar-refractivity contribution >= 4 is 17.6 Å². The molecule has 0 unspecified atom stereocenters. The van der Waals surface area contributed by atoms with Crippen LogP contribution in [0.4, 0.5) is 0 Å². The molecular weight excluding hydrogens is 230 g/mol. The molecule has 0 saturated carbocycles. The van der Waals surface area contributed by atoms with Crippen LogP contribution in [-0.2, 0) is 0 Å². The van der Waals surface area contributed by atoms with Gasteiger partial charge in [-0.3, -0.25) is 0 Å². The Morgan fingerprint density at radius 1 is 1.38 bits per heavy atom. The molecule has 0 bridgehead atoms. The van der Waals surface area contributed by atoms with Crippen molar-refractivity contribution in [3.8, 4) is 5.75 Å². The average molecular weight is 244 g/mol. The lowest BCUT2D eigenvalue weighted by molar-refractivity contribution is 0.0690. The lowest BCUT2D eigenvalue weighted by Gasteiger charge is -2.05. The number of carboxylic acid groups (broad SMARTS) is 1. The molecule has 0 spiro atoms. The van der Waals surface area contributed by atoms with E-state index in [1.165, 1.54) is 12.3 Å². The van der Waals surface area contributed by atoms with Gasteiger partial charge in [0.05, 0.1) is 12.8 Å². The van der Waals surface area contributed by atoms with E-state index < -0.39 is 5.97 Å². The predicted octanol–water partition coefficient (Wildman–Crippen LogP) is 2.57. The van der Waals surface area contributed by atoms with Gasteiger partial charge < -0.3 is 9.84 Å². The Morgan fingerprint density at radius 2 is 2.19 bits per heavy atom. The highest BCUT2D eigenvalue weighted by molar-refractivity contribution is 6.17. The van der Waals surface area contributed by atoms with Gasteiger partial charge in [0.15, 0.2) is 0 Å². The lowest BCUT2D eigenvalue weighted by atomic mass is 10.3. The normalized spacial score (nSPS) is 10.1. The van der Waals surface area contributed by atoms with Gasteiger partial charge in [0, 0.05) is 5.88 Å². The molecule has 1 heterocycles. The van der Waals surface area contributed by atoms with Gasteiger partial charge in [-0.1, -0.05) is 0 Å². The summed E-state index contributed by atoms with van der Waals surface area (Å²) in [5.74, 6) is 0.235. The zero-order chi connectivity index (χ0) is 11.8. The van der Waals surface area contributed by atoms with Crippen molar-refractivity contribution in [1.29, 1.82) is 0 Å². The maximum absolute atomic E-state index is 10.5. The third-order valence-electron chi connectivity index (χ3n) is 2.00. The molecule has 4 nitrogen and oxygen atoms in total. The number of hydrogen-bond acceptors (Lipinski definition) is 3. The standard InChI is InChI=1S/C11H14ClNO3/c12-6-2-1-3-7-16-9-4-5-10(11(14)15)13-8-9/h4-5,8H,1-3,6-7H2,(H,14,15). The number of hydrogen-bond donors (Lipinski definition) is 1. The molecule has 0 radical (unpaired) electrons. The highest BCUT2D eigenvalue weighted by atomic mass is 35.5. The summed E-state index contributed by atoms with van der Waals surface area (Å²) in [7, 11) is 0. The fourth-order valence-corrected chi connectivity index (χ4v) is 1.34. The van der Waals surface area contributed by atoms with Crippen LogP contribution in [0.2, 0.25) is 0 Å². The molecule has 0 fully saturated rings. The van der Waals surface area contributed by atoms with Crippen molar-refractivity contribution in [2.45, 2.75) is 19.3 Å². The third kappa shape index (κ3) is 4.49. The highest BCUT2D eigenvalue weighted by Crippen LogP contribution is 2.10. The van der Waals surface area contributed by atoms with E-state index in [9.17, 15) is 4.79 Å². The number of unbranched alkanes of at least 4 members (excludes halogenated alkanes) is 2. The Kier molecular flexibility index (Phi) is 5.64. The molecule has 0 amide bonds. The first kappa shape index (κ1) is 12.8. The fraction of sp³-hybridized carbons (Fsp3) is 0.455. The number of halogens is 1. The molecule has 1 aromatic rings. The minimum atomic E-state index is -1.03. The second-order valence-corrected chi connectivity index (χ2v) is 3.66. The number of aromatic carboxylic acids is 1. The molecule has 0 saturated heterocycles. The molecule has 88 valence electrons. The number of carbonyl (C=O) groups is 1. The van der Waals surface area contributed by atoms with Crippen LogP contribution in [0.1, 0.15) is 29.8 Å². The molecule has 1 N–H and O–H groups in total. The molecule has 16 heavy (non-hydrogen) atoms. The largest absolute Gasteiger partial charge is 0.492 e.